The summed E-state index contributed by atoms with van der Waals surface area (Å²) in [4.78, 5) is 2.33. The molecule has 0 aromatic heterocycles. The van der Waals surface area contributed by atoms with Crippen LogP contribution in [0.25, 0.3) is 0 Å². The van der Waals surface area contributed by atoms with E-state index in [4.69, 9.17) is 0 Å². The number of rotatable bonds is 2. The molecular formula is C12H15F2N. The highest BCUT2D eigenvalue weighted by Gasteiger charge is 2.23. The van der Waals surface area contributed by atoms with Gasteiger partial charge in [-0.2, -0.15) is 0 Å². The average molecular weight is 211 g/mol. The highest BCUT2D eigenvalue weighted by molar-refractivity contribution is 5.23. The fourth-order valence-corrected chi connectivity index (χ4v) is 2.16. The van der Waals surface area contributed by atoms with Gasteiger partial charge in [-0.05, 0) is 43.1 Å². The van der Waals surface area contributed by atoms with Crippen LogP contribution in [-0.4, -0.2) is 24.5 Å². The van der Waals surface area contributed by atoms with Gasteiger partial charge in [-0.15, -0.1) is 0 Å². The summed E-state index contributed by atoms with van der Waals surface area (Å²) in [6, 6.07) is 4.25. The van der Waals surface area contributed by atoms with Crippen LogP contribution in [-0.2, 0) is 0 Å². The van der Waals surface area contributed by atoms with Crippen molar-refractivity contribution in [2.24, 2.45) is 0 Å². The maximum atomic E-state index is 13.0. The first-order valence-electron chi connectivity index (χ1n) is 5.38. The van der Waals surface area contributed by atoms with Crippen LogP contribution in [0.15, 0.2) is 18.2 Å². The standard InChI is InChI=1S/C12H15F2N/c1-2-15-6-5-10(8-15)9-3-4-11(13)12(14)7-9/h3-4,7,10H,2,5-6,8H2,1H3. The lowest BCUT2D eigenvalue weighted by atomic mass is 9.98. The van der Waals surface area contributed by atoms with Crippen molar-refractivity contribution in [2.45, 2.75) is 19.3 Å². The third-order valence-electron chi connectivity index (χ3n) is 3.13. The van der Waals surface area contributed by atoms with Crippen molar-refractivity contribution < 1.29 is 8.78 Å². The SMILES string of the molecule is CCN1CCC(c2ccc(F)c(F)c2)C1. The Bertz CT molecular complexity index is 351. The van der Waals surface area contributed by atoms with Gasteiger partial charge in [0.1, 0.15) is 0 Å². The molecule has 1 nitrogen and oxygen atoms in total. The first kappa shape index (κ1) is 10.6. The molecule has 0 spiro atoms. The van der Waals surface area contributed by atoms with Crippen LogP contribution in [0.3, 0.4) is 0 Å². The van der Waals surface area contributed by atoms with Gasteiger partial charge in [0.25, 0.3) is 0 Å². The fourth-order valence-electron chi connectivity index (χ4n) is 2.16. The molecular weight excluding hydrogens is 196 g/mol. The molecule has 1 fully saturated rings. The predicted molar refractivity (Wildman–Crippen MR) is 55.8 cm³/mol. The molecule has 0 aliphatic carbocycles. The molecule has 1 aromatic carbocycles. The quantitative estimate of drug-likeness (QED) is 0.727. The van der Waals surface area contributed by atoms with Crippen molar-refractivity contribution in [3.63, 3.8) is 0 Å². The van der Waals surface area contributed by atoms with Crippen molar-refractivity contribution >= 4 is 0 Å². The van der Waals surface area contributed by atoms with E-state index in [9.17, 15) is 8.78 Å². The molecule has 1 aliphatic heterocycles. The molecule has 0 saturated carbocycles. The summed E-state index contributed by atoms with van der Waals surface area (Å²) in [5.41, 5.74) is 0.921. The summed E-state index contributed by atoms with van der Waals surface area (Å²) in [5, 5.41) is 0. The highest BCUT2D eigenvalue weighted by atomic mass is 19.2. The van der Waals surface area contributed by atoms with Gasteiger partial charge < -0.3 is 4.90 Å². The molecule has 1 unspecified atom stereocenters. The number of halogens is 2. The van der Waals surface area contributed by atoms with Gasteiger partial charge in [0, 0.05) is 6.54 Å². The number of likely N-dealkylation sites (tertiary alicyclic amines) is 1. The topological polar surface area (TPSA) is 3.24 Å². The summed E-state index contributed by atoms with van der Waals surface area (Å²) < 4.78 is 25.8. The van der Waals surface area contributed by atoms with Gasteiger partial charge >= 0.3 is 0 Å². The summed E-state index contributed by atoms with van der Waals surface area (Å²) in [5.74, 6) is -1.13. The first-order chi connectivity index (χ1) is 7.20. The molecule has 1 aromatic rings. The van der Waals surface area contributed by atoms with Crippen LogP contribution in [0.5, 0.6) is 0 Å². The van der Waals surface area contributed by atoms with E-state index in [-0.39, 0.29) is 0 Å². The maximum absolute atomic E-state index is 13.0. The lowest BCUT2D eigenvalue weighted by molar-refractivity contribution is 0.353. The van der Waals surface area contributed by atoms with E-state index in [0.717, 1.165) is 31.6 Å². The zero-order chi connectivity index (χ0) is 10.8. The van der Waals surface area contributed by atoms with E-state index >= 15 is 0 Å². The van der Waals surface area contributed by atoms with Crippen molar-refractivity contribution in [2.75, 3.05) is 19.6 Å². The highest BCUT2D eigenvalue weighted by Crippen LogP contribution is 2.27. The minimum atomic E-state index is -0.760. The Balaban J connectivity index is 2.13. The summed E-state index contributed by atoms with van der Waals surface area (Å²) in [7, 11) is 0. The van der Waals surface area contributed by atoms with E-state index in [0.29, 0.717) is 5.92 Å². The first-order valence-corrected chi connectivity index (χ1v) is 5.38. The van der Waals surface area contributed by atoms with Crippen LogP contribution in [0.4, 0.5) is 8.78 Å². The van der Waals surface area contributed by atoms with Crippen molar-refractivity contribution in [3.05, 3.63) is 35.4 Å². The number of hydrogen-bond donors (Lipinski definition) is 0. The van der Waals surface area contributed by atoms with Crippen LogP contribution < -0.4 is 0 Å². The van der Waals surface area contributed by atoms with Gasteiger partial charge in [0.2, 0.25) is 0 Å². The molecule has 0 amide bonds. The Morgan fingerprint density at radius 2 is 2.13 bits per heavy atom. The van der Waals surface area contributed by atoms with E-state index in [2.05, 4.69) is 11.8 Å². The second-order valence-corrected chi connectivity index (χ2v) is 4.05. The second kappa shape index (κ2) is 4.27. The van der Waals surface area contributed by atoms with Crippen LogP contribution in [0.2, 0.25) is 0 Å². The third-order valence-corrected chi connectivity index (χ3v) is 3.13. The second-order valence-electron chi connectivity index (χ2n) is 4.05. The minimum absolute atomic E-state index is 0.361. The number of nitrogens with zero attached hydrogens (tertiary/aromatic N) is 1. The number of hydrogen-bond acceptors (Lipinski definition) is 1. The predicted octanol–water partition coefficient (Wildman–Crippen LogP) is 2.77. The van der Waals surface area contributed by atoms with Gasteiger partial charge in [-0.3, -0.25) is 0 Å². The number of benzene rings is 1. The molecule has 1 aliphatic rings. The molecule has 0 radical (unpaired) electrons. The lowest BCUT2D eigenvalue weighted by Crippen LogP contribution is -2.19. The van der Waals surface area contributed by atoms with Gasteiger partial charge in [0.15, 0.2) is 11.6 Å². The zero-order valence-corrected chi connectivity index (χ0v) is 8.84. The molecule has 0 bridgehead atoms. The van der Waals surface area contributed by atoms with Gasteiger partial charge in [-0.1, -0.05) is 13.0 Å². The Morgan fingerprint density at radius 1 is 1.33 bits per heavy atom. The Hall–Kier alpha value is -0.960. The average Bonchev–Trinajstić information content (AvgIpc) is 2.70. The van der Waals surface area contributed by atoms with Crippen LogP contribution in [0.1, 0.15) is 24.8 Å². The van der Waals surface area contributed by atoms with Crippen LogP contribution in [0, 0.1) is 11.6 Å². The molecule has 3 heteroatoms. The Morgan fingerprint density at radius 3 is 2.73 bits per heavy atom. The fraction of sp³-hybridized carbons (Fsp3) is 0.500. The molecule has 1 atom stereocenters. The minimum Gasteiger partial charge on any atom is -0.303 e. The van der Waals surface area contributed by atoms with Crippen LogP contribution >= 0.6 is 0 Å². The zero-order valence-electron chi connectivity index (χ0n) is 8.84. The largest absolute Gasteiger partial charge is 0.303 e. The van der Waals surface area contributed by atoms with Gasteiger partial charge in [-0.25, -0.2) is 8.78 Å². The molecule has 1 heterocycles. The summed E-state index contributed by atoms with van der Waals surface area (Å²) in [6.07, 6.45) is 1.04. The smallest absolute Gasteiger partial charge is 0.159 e. The van der Waals surface area contributed by atoms with E-state index < -0.39 is 11.6 Å². The van der Waals surface area contributed by atoms with E-state index in [1.807, 2.05) is 0 Å². The lowest BCUT2D eigenvalue weighted by Gasteiger charge is -2.13. The van der Waals surface area contributed by atoms with Gasteiger partial charge in [0.05, 0.1) is 0 Å². The maximum Gasteiger partial charge on any atom is 0.159 e. The van der Waals surface area contributed by atoms with Crippen molar-refractivity contribution in [3.8, 4) is 0 Å². The summed E-state index contributed by atoms with van der Waals surface area (Å²) in [6.45, 7) is 5.16. The number of likely N-dealkylation sites (N-methyl/N-ethyl adjacent to an activating group) is 1. The summed E-state index contributed by atoms with van der Waals surface area (Å²) >= 11 is 0. The molecule has 2 rings (SSSR count). The van der Waals surface area contributed by atoms with E-state index in [1.54, 1.807) is 6.07 Å². The van der Waals surface area contributed by atoms with E-state index in [1.165, 1.54) is 12.1 Å². The third kappa shape index (κ3) is 2.17. The van der Waals surface area contributed by atoms with Crippen molar-refractivity contribution in [1.29, 1.82) is 0 Å². The Kier molecular flexibility index (Phi) is 3.00. The molecule has 82 valence electrons. The molecule has 15 heavy (non-hydrogen) atoms. The normalized spacial score (nSPS) is 22.2. The van der Waals surface area contributed by atoms with Crippen molar-refractivity contribution in [1.82, 2.24) is 4.90 Å². The Labute approximate surface area is 88.7 Å². The molecule has 1 saturated heterocycles. The molecule has 0 N–H and O–H groups in total. The monoisotopic (exact) mass is 211 g/mol.